The maximum Gasteiger partial charge on any atom is 0.331 e. The number of benzene rings is 1. The number of anilines is 1. The van der Waals surface area contributed by atoms with Gasteiger partial charge in [0.2, 0.25) is 0 Å². The van der Waals surface area contributed by atoms with Gasteiger partial charge in [0.15, 0.2) is 6.10 Å². The Labute approximate surface area is 176 Å². The molecule has 1 heterocycles. The lowest BCUT2D eigenvalue weighted by Crippen LogP contribution is -2.30. The number of esters is 1. The molecule has 0 bridgehead atoms. The van der Waals surface area contributed by atoms with E-state index in [9.17, 15) is 9.59 Å². The zero-order valence-corrected chi connectivity index (χ0v) is 18.3. The number of hydrogen-bond acceptors (Lipinski definition) is 4. The Morgan fingerprint density at radius 1 is 1.28 bits per heavy atom. The highest BCUT2D eigenvalue weighted by atomic mass is 35.5. The number of unbranched alkanes of at least 4 members (excludes halogenated alkanes) is 1. The molecule has 1 N–H and O–H groups in total. The van der Waals surface area contributed by atoms with Crippen LogP contribution in [0.25, 0.3) is 6.08 Å². The third-order valence-corrected chi connectivity index (χ3v) is 5.01. The van der Waals surface area contributed by atoms with Crippen molar-refractivity contribution in [2.45, 2.75) is 60.1 Å². The van der Waals surface area contributed by atoms with Crippen LogP contribution in [0.1, 0.15) is 49.1 Å². The summed E-state index contributed by atoms with van der Waals surface area (Å²) in [6.45, 7) is 10.0. The predicted octanol–water partition coefficient (Wildman–Crippen LogP) is 4.85. The van der Waals surface area contributed by atoms with E-state index >= 15 is 0 Å². The molecule has 6 nitrogen and oxygen atoms in total. The van der Waals surface area contributed by atoms with Gasteiger partial charge in [0, 0.05) is 23.9 Å². The SMILES string of the molecule is CCCCn1nc(C)c(/C=C/C(=O)O[C@@H](C)C(=O)Nc2c(C)cccc2C)c1Cl. The Bertz CT molecular complexity index is 898. The highest BCUT2D eigenvalue weighted by Crippen LogP contribution is 2.22. The Morgan fingerprint density at radius 2 is 1.93 bits per heavy atom. The minimum Gasteiger partial charge on any atom is -0.449 e. The molecule has 7 heteroatoms. The second kappa shape index (κ2) is 10.3. The molecular formula is C22H28ClN3O3. The van der Waals surface area contributed by atoms with Crippen LogP contribution < -0.4 is 5.32 Å². The average molecular weight is 418 g/mol. The van der Waals surface area contributed by atoms with Crippen molar-refractivity contribution in [1.82, 2.24) is 9.78 Å². The van der Waals surface area contributed by atoms with Crippen LogP contribution in [0.2, 0.25) is 5.15 Å². The van der Waals surface area contributed by atoms with Crippen LogP contribution in [0, 0.1) is 20.8 Å². The second-order valence-electron chi connectivity index (χ2n) is 7.04. The average Bonchev–Trinajstić information content (AvgIpc) is 2.94. The van der Waals surface area contributed by atoms with Gasteiger partial charge in [0.05, 0.1) is 5.69 Å². The van der Waals surface area contributed by atoms with Gasteiger partial charge in [-0.3, -0.25) is 9.48 Å². The lowest BCUT2D eigenvalue weighted by molar-refractivity contribution is -0.148. The first kappa shape index (κ1) is 22.7. The zero-order chi connectivity index (χ0) is 21.6. The molecule has 0 unspecified atom stereocenters. The molecule has 1 amide bonds. The first-order valence-electron chi connectivity index (χ1n) is 9.73. The number of para-hydroxylation sites is 1. The summed E-state index contributed by atoms with van der Waals surface area (Å²) in [5.41, 5.74) is 4.03. The van der Waals surface area contributed by atoms with Gasteiger partial charge in [-0.05, 0) is 51.3 Å². The van der Waals surface area contributed by atoms with Crippen molar-refractivity contribution in [3.63, 3.8) is 0 Å². The summed E-state index contributed by atoms with van der Waals surface area (Å²) in [5.74, 6) is -1.00. The standard InChI is InChI=1S/C22H28ClN3O3/c1-6-7-13-26-21(23)18(16(4)25-26)11-12-19(27)29-17(5)22(28)24-20-14(2)9-8-10-15(20)3/h8-12,17H,6-7,13H2,1-5H3,(H,24,28)/b12-11+/t17-/m0/s1. The topological polar surface area (TPSA) is 73.2 Å². The lowest BCUT2D eigenvalue weighted by atomic mass is 10.1. The summed E-state index contributed by atoms with van der Waals surface area (Å²) in [7, 11) is 0. The maximum absolute atomic E-state index is 12.4. The van der Waals surface area contributed by atoms with Crippen molar-refractivity contribution in [2.24, 2.45) is 0 Å². The number of amides is 1. The second-order valence-corrected chi connectivity index (χ2v) is 7.39. The fourth-order valence-electron chi connectivity index (χ4n) is 2.87. The third kappa shape index (κ3) is 5.94. The Balaban J connectivity index is 1.99. The van der Waals surface area contributed by atoms with Gasteiger partial charge >= 0.3 is 5.97 Å². The van der Waals surface area contributed by atoms with E-state index in [-0.39, 0.29) is 5.91 Å². The smallest absolute Gasteiger partial charge is 0.331 e. The van der Waals surface area contributed by atoms with Gasteiger partial charge in [-0.25, -0.2) is 4.79 Å². The van der Waals surface area contributed by atoms with Crippen molar-refractivity contribution in [3.05, 3.63) is 51.8 Å². The third-order valence-electron chi connectivity index (χ3n) is 4.61. The van der Waals surface area contributed by atoms with Crippen LogP contribution in [0.3, 0.4) is 0 Å². The molecule has 0 saturated heterocycles. The zero-order valence-electron chi connectivity index (χ0n) is 17.6. The largest absolute Gasteiger partial charge is 0.449 e. The van der Waals surface area contributed by atoms with Crippen LogP contribution in [-0.4, -0.2) is 27.8 Å². The summed E-state index contributed by atoms with van der Waals surface area (Å²) in [6, 6.07) is 5.75. The van der Waals surface area contributed by atoms with Crippen LogP contribution >= 0.6 is 11.6 Å². The molecule has 0 aliphatic heterocycles. The van der Waals surface area contributed by atoms with E-state index < -0.39 is 12.1 Å². The molecule has 2 aromatic rings. The summed E-state index contributed by atoms with van der Waals surface area (Å²) < 4.78 is 6.96. The quantitative estimate of drug-likeness (QED) is 0.492. The number of halogens is 1. The number of aryl methyl sites for hydroxylation is 4. The van der Waals surface area contributed by atoms with E-state index in [0.29, 0.717) is 10.7 Å². The summed E-state index contributed by atoms with van der Waals surface area (Å²) >= 11 is 6.36. The molecule has 0 aliphatic carbocycles. The molecule has 0 aliphatic rings. The number of nitrogens with zero attached hydrogens (tertiary/aromatic N) is 2. The van der Waals surface area contributed by atoms with E-state index in [2.05, 4.69) is 17.3 Å². The van der Waals surface area contributed by atoms with Gasteiger partial charge in [-0.15, -0.1) is 0 Å². The van der Waals surface area contributed by atoms with Gasteiger partial charge in [0.25, 0.3) is 5.91 Å². The normalized spacial score (nSPS) is 12.2. The summed E-state index contributed by atoms with van der Waals surface area (Å²) in [4.78, 5) is 24.6. The Morgan fingerprint density at radius 3 is 2.55 bits per heavy atom. The Kier molecular flexibility index (Phi) is 8.02. The number of rotatable bonds is 8. The maximum atomic E-state index is 12.4. The van der Waals surface area contributed by atoms with Gasteiger partial charge in [0.1, 0.15) is 5.15 Å². The molecular weight excluding hydrogens is 390 g/mol. The molecule has 1 atom stereocenters. The summed E-state index contributed by atoms with van der Waals surface area (Å²) in [6.07, 6.45) is 3.91. The minimum absolute atomic E-state index is 0.384. The fraction of sp³-hybridized carbons (Fsp3) is 0.409. The molecule has 0 radical (unpaired) electrons. The number of ether oxygens (including phenoxy) is 1. The molecule has 0 fully saturated rings. The van der Waals surface area contributed by atoms with E-state index in [4.69, 9.17) is 16.3 Å². The first-order chi connectivity index (χ1) is 13.7. The fourth-order valence-corrected chi connectivity index (χ4v) is 3.19. The van der Waals surface area contributed by atoms with Gasteiger partial charge < -0.3 is 10.1 Å². The first-order valence-corrected chi connectivity index (χ1v) is 10.1. The molecule has 0 spiro atoms. The highest BCUT2D eigenvalue weighted by molar-refractivity contribution is 6.31. The number of carbonyl (C=O) groups is 2. The molecule has 2 rings (SSSR count). The number of hydrogen-bond donors (Lipinski definition) is 1. The Hall–Kier alpha value is -2.60. The number of aromatic nitrogens is 2. The van der Waals surface area contributed by atoms with Crippen molar-refractivity contribution >= 4 is 35.2 Å². The van der Waals surface area contributed by atoms with Crippen molar-refractivity contribution in [3.8, 4) is 0 Å². The van der Waals surface area contributed by atoms with E-state index in [0.717, 1.165) is 41.9 Å². The van der Waals surface area contributed by atoms with Crippen molar-refractivity contribution < 1.29 is 14.3 Å². The van der Waals surface area contributed by atoms with Crippen LogP contribution in [-0.2, 0) is 20.9 Å². The van der Waals surface area contributed by atoms with E-state index in [1.165, 1.54) is 13.0 Å². The lowest BCUT2D eigenvalue weighted by Gasteiger charge is -2.15. The number of carbonyl (C=O) groups excluding carboxylic acids is 2. The molecule has 156 valence electrons. The minimum atomic E-state index is -0.935. The van der Waals surface area contributed by atoms with Gasteiger partial charge in [-0.2, -0.15) is 5.10 Å². The van der Waals surface area contributed by atoms with Crippen LogP contribution in [0.5, 0.6) is 0 Å². The van der Waals surface area contributed by atoms with Crippen LogP contribution in [0.15, 0.2) is 24.3 Å². The van der Waals surface area contributed by atoms with Crippen LogP contribution in [0.4, 0.5) is 5.69 Å². The molecule has 1 aromatic carbocycles. The molecule has 0 saturated carbocycles. The van der Waals surface area contributed by atoms with Crippen molar-refractivity contribution in [1.29, 1.82) is 0 Å². The van der Waals surface area contributed by atoms with E-state index in [1.54, 1.807) is 10.8 Å². The van der Waals surface area contributed by atoms with E-state index in [1.807, 2.05) is 39.0 Å². The number of nitrogens with one attached hydrogen (secondary N) is 1. The monoisotopic (exact) mass is 417 g/mol. The van der Waals surface area contributed by atoms with Crippen molar-refractivity contribution in [2.75, 3.05) is 5.32 Å². The van der Waals surface area contributed by atoms with Gasteiger partial charge in [-0.1, -0.05) is 43.1 Å². The predicted molar refractivity (Wildman–Crippen MR) is 116 cm³/mol. The molecule has 29 heavy (non-hydrogen) atoms. The summed E-state index contributed by atoms with van der Waals surface area (Å²) in [5, 5.41) is 7.71. The molecule has 1 aromatic heterocycles. The highest BCUT2D eigenvalue weighted by Gasteiger charge is 2.18.